The zero-order valence-corrected chi connectivity index (χ0v) is 10.5. The quantitative estimate of drug-likeness (QED) is 0.665. The minimum Gasteiger partial charge on any atom is -0.485 e. The summed E-state index contributed by atoms with van der Waals surface area (Å²) in [4.78, 5) is 20.6. The molecule has 0 unspecified atom stereocenters. The number of hydrogen-bond donors (Lipinski definition) is 1. The normalized spacial score (nSPS) is 10.2. The summed E-state index contributed by atoms with van der Waals surface area (Å²) in [7, 11) is 0. The van der Waals surface area contributed by atoms with Crippen LogP contribution in [0.2, 0.25) is 5.02 Å². The summed E-state index contributed by atoms with van der Waals surface area (Å²) in [6.45, 7) is -0.0750. The molecular formula is C11H7ClN2O6. The Labute approximate surface area is 116 Å². The van der Waals surface area contributed by atoms with Gasteiger partial charge in [0.25, 0.3) is 5.69 Å². The first-order valence-corrected chi connectivity index (χ1v) is 5.61. The highest BCUT2D eigenvalue weighted by atomic mass is 35.5. The summed E-state index contributed by atoms with van der Waals surface area (Å²) in [6.07, 6.45) is 0. The summed E-state index contributed by atoms with van der Waals surface area (Å²) in [6, 6.07) is 5.09. The number of aromatic carboxylic acids is 1. The Morgan fingerprint density at radius 1 is 1.50 bits per heavy atom. The van der Waals surface area contributed by atoms with Crippen molar-refractivity contribution in [3.8, 4) is 5.75 Å². The van der Waals surface area contributed by atoms with Crippen LogP contribution < -0.4 is 4.74 Å². The second kappa shape index (κ2) is 5.57. The van der Waals surface area contributed by atoms with Crippen molar-refractivity contribution in [2.75, 3.05) is 0 Å². The molecule has 1 aromatic heterocycles. The molecule has 1 heterocycles. The fourth-order valence-electron chi connectivity index (χ4n) is 1.36. The molecule has 8 nitrogen and oxygen atoms in total. The van der Waals surface area contributed by atoms with Gasteiger partial charge in [0, 0.05) is 18.2 Å². The molecule has 0 fully saturated rings. The van der Waals surface area contributed by atoms with E-state index < -0.39 is 10.9 Å². The third-order valence-corrected chi connectivity index (χ3v) is 2.58. The summed E-state index contributed by atoms with van der Waals surface area (Å²) >= 11 is 5.72. The van der Waals surface area contributed by atoms with Gasteiger partial charge in [-0.25, -0.2) is 4.79 Å². The number of aromatic nitrogens is 1. The molecule has 1 aromatic carbocycles. The van der Waals surface area contributed by atoms with Gasteiger partial charge in [-0.05, 0) is 6.07 Å². The number of carboxylic acid groups (broad SMARTS) is 1. The molecule has 2 aromatic rings. The Hall–Kier alpha value is -2.61. The van der Waals surface area contributed by atoms with Crippen LogP contribution in [0.15, 0.2) is 28.8 Å². The number of ether oxygens (including phenoxy) is 1. The van der Waals surface area contributed by atoms with Crippen LogP contribution in [0.5, 0.6) is 5.75 Å². The molecule has 2 rings (SSSR count). The van der Waals surface area contributed by atoms with Gasteiger partial charge in [0.05, 0.1) is 4.92 Å². The van der Waals surface area contributed by atoms with E-state index >= 15 is 0 Å². The van der Waals surface area contributed by atoms with Crippen molar-refractivity contribution in [1.29, 1.82) is 0 Å². The molecule has 1 N–H and O–H groups in total. The first kappa shape index (κ1) is 13.8. The maximum absolute atomic E-state index is 10.6. The van der Waals surface area contributed by atoms with Gasteiger partial charge in [0.15, 0.2) is 11.5 Å². The number of carbonyl (C=O) groups is 1. The van der Waals surface area contributed by atoms with Crippen molar-refractivity contribution in [1.82, 2.24) is 5.16 Å². The summed E-state index contributed by atoms with van der Waals surface area (Å²) in [5, 5.41) is 22.5. The summed E-state index contributed by atoms with van der Waals surface area (Å²) < 4.78 is 10.0. The lowest BCUT2D eigenvalue weighted by Crippen LogP contribution is -1.96. The van der Waals surface area contributed by atoms with Gasteiger partial charge in [-0.15, -0.1) is 0 Å². The topological polar surface area (TPSA) is 116 Å². The van der Waals surface area contributed by atoms with Gasteiger partial charge in [-0.3, -0.25) is 10.1 Å². The lowest BCUT2D eigenvalue weighted by molar-refractivity contribution is -0.384. The van der Waals surface area contributed by atoms with Crippen LogP contribution in [0.4, 0.5) is 5.69 Å². The van der Waals surface area contributed by atoms with E-state index in [4.69, 9.17) is 26.0 Å². The molecule has 0 spiro atoms. The van der Waals surface area contributed by atoms with E-state index in [0.717, 1.165) is 0 Å². The predicted octanol–water partition coefficient (Wildman–Crippen LogP) is 2.51. The van der Waals surface area contributed by atoms with Crippen LogP contribution in [0.25, 0.3) is 0 Å². The van der Waals surface area contributed by atoms with Gasteiger partial charge >= 0.3 is 5.97 Å². The molecule has 0 aliphatic rings. The third-order valence-electron chi connectivity index (χ3n) is 2.28. The molecule has 0 aliphatic carbocycles. The Kier molecular flexibility index (Phi) is 3.85. The maximum Gasteiger partial charge on any atom is 0.358 e. The standard InChI is InChI=1S/C11H7ClN2O6/c12-8-3-6(1-2-10(8)14(17)18)19-5-7-4-9(11(15)16)13-20-7/h1-4H,5H2,(H,15,16). The Balaban J connectivity index is 2.05. The van der Waals surface area contributed by atoms with Crippen molar-refractivity contribution in [2.24, 2.45) is 0 Å². The number of nitro benzene ring substituents is 1. The van der Waals surface area contributed by atoms with Crippen LogP contribution in [0.3, 0.4) is 0 Å². The monoisotopic (exact) mass is 298 g/mol. The van der Waals surface area contributed by atoms with E-state index in [0.29, 0.717) is 0 Å². The van der Waals surface area contributed by atoms with Crippen molar-refractivity contribution in [2.45, 2.75) is 6.61 Å². The average molecular weight is 299 g/mol. The van der Waals surface area contributed by atoms with E-state index in [1.165, 1.54) is 24.3 Å². The van der Waals surface area contributed by atoms with Crippen LogP contribution in [0, 0.1) is 10.1 Å². The van der Waals surface area contributed by atoms with Crippen LogP contribution in [-0.4, -0.2) is 21.2 Å². The lowest BCUT2D eigenvalue weighted by atomic mass is 10.3. The SMILES string of the molecule is O=C(O)c1cc(COc2ccc([N+](=O)[O-])c(Cl)c2)on1. The number of nitrogens with zero attached hydrogens (tertiary/aromatic N) is 2. The van der Waals surface area contributed by atoms with Gasteiger partial charge in [0.1, 0.15) is 17.4 Å². The minimum absolute atomic E-state index is 0.0590. The summed E-state index contributed by atoms with van der Waals surface area (Å²) in [5.41, 5.74) is -0.461. The zero-order chi connectivity index (χ0) is 14.7. The Morgan fingerprint density at radius 2 is 2.25 bits per heavy atom. The van der Waals surface area contributed by atoms with Crippen LogP contribution in [-0.2, 0) is 6.61 Å². The van der Waals surface area contributed by atoms with E-state index in [2.05, 4.69) is 5.16 Å². The lowest BCUT2D eigenvalue weighted by Gasteiger charge is -2.03. The Morgan fingerprint density at radius 3 is 2.80 bits per heavy atom. The molecule has 0 saturated carbocycles. The second-order valence-electron chi connectivity index (χ2n) is 3.64. The smallest absolute Gasteiger partial charge is 0.358 e. The van der Waals surface area contributed by atoms with E-state index in [1.807, 2.05) is 0 Å². The van der Waals surface area contributed by atoms with Gasteiger partial charge in [-0.2, -0.15) is 0 Å². The van der Waals surface area contributed by atoms with Crippen LogP contribution in [0.1, 0.15) is 16.2 Å². The highest BCUT2D eigenvalue weighted by Crippen LogP contribution is 2.28. The average Bonchev–Trinajstić information content (AvgIpc) is 2.85. The Bertz CT molecular complexity index is 669. The van der Waals surface area contributed by atoms with Crippen molar-refractivity contribution >= 4 is 23.3 Å². The predicted molar refractivity (Wildman–Crippen MR) is 65.9 cm³/mol. The number of halogens is 1. The molecule has 0 amide bonds. The minimum atomic E-state index is -1.21. The first-order valence-electron chi connectivity index (χ1n) is 5.23. The van der Waals surface area contributed by atoms with Gasteiger partial charge < -0.3 is 14.4 Å². The maximum atomic E-state index is 10.6. The number of nitro groups is 1. The van der Waals surface area contributed by atoms with Crippen molar-refractivity contribution in [3.63, 3.8) is 0 Å². The van der Waals surface area contributed by atoms with Gasteiger partial charge in [-0.1, -0.05) is 16.8 Å². The number of carboxylic acids is 1. The van der Waals surface area contributed by atoms with E-state index in [9.17, 15) is 14.9 Å². The first-order chi connectivity index (χ1) is 9.47. The number of benzene rings is 1. The van der Waals surface area contributed by atoms with Crippen molar-refractivity contribution < 1.29 is 24.1 Å². The molecule has 0 radical (unpaired) electrons. The number of rotatable bonds is 5. The molecule has 20 heavy (non-hydrogen) atoms. The third kappa shape index (κ3) is 3.04. The molecular weight excluding hydrogens is 292 g/mol. The molecule has 0 aliphatic heterocycles. The highest BCUT2D eigenvalue weighted by molar-refractivity contribution is 6.32. The fourth-order valence-corrected chi connectivity index (χ4v) is 1.60. The second-order valence-corrected chi connectivity index (χ2v) is 4.05. The van der Waals surface area contributed by atoms with Crippen LogP contribution >= 0.6 is 11.6 Å². The molecule has 104 valence electrons. The molecule has 0 bridgehead atoms. The van der Waals surface area contributed by atoms with Crippen molar-refractivity contribution in [3.05, 3.63) is 50.9 Å². The fraction of sp³-hybridized carbons (Fsp3) is 0.0909. The van der Waals surface area contributed by atoms with E-state index in [1.54, 1.807) is 0 Å². The largest absolute Gasteiger partial charge is 0.485 e. The highest BCUT2D eigenvalue weighted by Gasteiger charge is 2.14. The molecule has 0 atom stereocenters. The van der Waals surface area contributed by atoms with E-state index in [-0.39, 0.29) is 34.5 Å². The zero-order valence-electron chi connectivity index (χ0n) is 9.78. The summed E-state index contributed by atoms with van der Waals surface area (Å²) in [5.74, 6) is -0.718. The van der Waals surface area contributed by atoms with Gasteiger partial charge in [0.2, 0.25) is 0 Å². The molecule has 9 heteroatoms. The molecule has 0 saturated heterocycles. The number of hydrogen-bond acceptors (Lipinski definition) is 6.